The van der Waals surface area contributed by atoms with Gasteiger partial charge in [0, 0.05) is 23.1 Å². The SMILES string of the molecule is Cc1oc2ccccc2c1CNC(=O)c1cccc(S(=O)(=O)F)c1. The van der Waals surface area contributed by atoms with Gasteiger partial charge in [-0.2, -0.15) is 8.42 Å². The molecule has 5 nitrogen and oxygen atoms in total. The van der Waals surface area contributed by atoms with E-state index < -0.39 is 21.0 Å². The number of fused-ring (bicyclic) bond motifs is 1. The number of aryl methyl sites for hydroxylation is 1. The van der Waals surface area contributed by atoms with Gasteiger partial charge in [0.1, 0.15) is 11.3 Å². The molecular formula is C17H14FNO4S. The molecule has 0 radical (unpaired) electrons. The Morgan fingerprint density at radius 1 is 1.17 bits per heavy atom. The summed E-state index contributed by atoms with van der Waals surface area (Å²) in [5.74, 6) is 0.196. The van der Waals surface area contributed by atoms with Gasteiger partial charge < -0.3 is 9.73 Å². The van der Waals surface area contributed by atoms with Crippen molar-refractivity contribution in [2.24, 2.45) is 0 Å². The van der Waals surface area contributed by atoms with Gasteiger partial charge in [-0.15, -0.1) is 3.89 Å². The summed E-state index contributed by atoms with van der Waals surface area (Å²) in [5.41, 5.74) is 1.64. The van der Waals surface area contributed by atoms with Crippen LogP contribution < -0.4 is 5.32 Å². The summed E-state index contributed by atoms with van der Waals surface area (Å²) in [6, 6.07) is 12.3. The first-order valence-electron chi connectivity index (χ1n) is 7.16. The number of nitrogens with one attached hydrogen (secondary N) is 1. The van der Waals surface area contributed by atoms with Gasteiger partial charge in [-0.1, -0.05) is 24.3 Å². The average Bonchev–Trinajstić information content (AvgIpc) is 2.87. The van der Waals surface area contributed by atoms with Crippen molar-refractivity contribution < 1.29 is 21.5 Å². The van der Waals surface area contributed by atoms with Crippen molar-refractivity contribution >= 4 is 27.1 Å². The van der Waals surface area contributed by atoms with Gasteiger partial charge in [0.15, 0.2) is 0 Å². The summed E-state index contributed by atoms with van der Waals surface area (Å²) >= 11 is 0. The van der Waals surface area contributed by atoms with Crippen LogP contribution in [0.2, 0.25) is 0 Å². The molecular weight excluding hydrogens is 333 g/mol. The van der Waals surface area contributed by atoms with Gasteiger partial charge >= 0.3 is 10.2 Å². The molecule has 24 heavy (non-hydrogen) atoms. The molecule has 1 amide bonds. The van der Waals surface area contributed by atoms with E-state index >= 15 is 0 Å². The summed E-state index contributed by atoms with van der Waals surface area (Å²) in [4.78, 5) is 11.7. The minimum Gasteiger partial charge on any atom is -0.461 e. The highest BCUT2D eigenvalue weighted by Crippen LogP contribution is 2.25. The zero-order valence-electron chi connectivity index (χ0n) is 12.7. The van der Waals surface area contributed by atoms with Crippen LogP contribution in [0.1, 0.15) is 21.7 Å². The lowest BCUT2D eigenvalue weighted by Gasteiger charge is -2.06. The number of hydrogen-bond donors (Lipinski definition) is 1. The zero-order chi connectivity index (χ0) is 17.3. The standard InChI is InChI=1S/C17H14FNO4S/c1-11-15(14-7-2-3-8-16(14)23-11)10-19-17(20)12-5-4-6-13(9-12)24(18,21)22/h2-9H,10H2,1H3,(H,19,20). The third-order valence-corrected chi connectivity index (χ3v) is 4.52. The van der Waals surface area contributed by atoms with E-state index in [4.69, 9.17) is 4.42 Å². The number of carbonyl (C=O) groups is 1. The Morgan fingerprint density at radius 3 is 2.67 bits per heavy atom. The second-order valence-corrected chi connectivity index (χ2v) is 6.63. The molecule has 0 aliphatic rings. The molecule has 3 rings (SSSR count). The van der Waals surface area contributed by atoms with E-state index in [0.29, 0.717) is 5.76 Å². The Bertz CT molecular complexity index is 1020. The fourth-order valence-corrected chi connectivity index (χ4v) is 3.01. The maximum atomic E-state index is 13.0. The number of benzene rings is 2. The molecule has 0 unspecified atom stereocenters. The van der Waals surface area contributed by atoms with Crippen LogP contribution in [0.15, 0.2) is 57.8 Å². The third kappa shape index (κ3) is 3.16. The van der Waals surface area contributed by atoms with Crippen LogP contribution in [0.25, 0.3) is 11.0 Å². The van der Waals surface area contributed by atoms with Crippen LogP contribution in [0, 0.1) is 6.92 Å². The molecule has 0 spiro atoms. The highest BCUT2D eigenvalue weighted by molar-refractivity contribution is 7.86. The van der Waals surface area contributed by atoms with Crippen molar-refractivity contribution in [2.75, 3.05) is 0 Å². The van der Waals surface area contributed by atoms with Crippen LogP contribution in [-0.2, 0) is 16.8 Å². The summed E-state index contributed by atoms with van der Waals surface area (Å²) in [7, 11) is -4.85. The zero-order valence-corrected chi connectivity index (χ0v) is 13.6. The quantitative estimate of drug-likeness (QED) is 0.735. The van der Waals surface area contributed by atoms with Gasteiger partial charge in [0.2, 0.25) is 0 Å². The van der Waals surface area contributed by atoms with E-state index in [1.54, 1.807) is 6.92 Å². The monoisotopic (exact) mass is 347 g/mol. The van der Waals surface area contributed by atoms with Gasteiger partial charge in [-0.05, 0) is 31.2 Å². The summed E-state index contributed by atoms with van der Waals surface area (Å²) < 4.78 is 40.5. The molecule has 1 heterocycles. The average molecular weight is 347 g/mol. The van der Waals surface area contributed by atoms with Crippen molar-refractivity contribution in [3.63, 3.8) is 0 Å². The maximum Gasteiger partial charge on any atom is 0.332 e. The van der Waals surface area contributed by atoms with Crippen LogP contribution in [-0.4, -0.2) is 14.3 Å². The first-order chi connectivity index (χ1) is 11.4. The molecule has 0 aliphatic heterocycles. The van der Waals surface area contributed by atoms with Crippen LogP contribution in [0.4, 0.5) is 3.89 Å². The van der Waals surface area contributed by atoms with Crippen molar-refractivity contribution in [3.05, 3.63) is 65.4 Å². The molecule has 0 saturated heterocycles. The van der Waals surface area contributed by atoms with E-state index in [1.807, 2.05) is 24.3 Å². The molecule has 0 fully saturated rings. The van der Waals surface area contributed by atoms with Crippen LogP contribution in [0.5, 0.6) is 0 Å². The highest BCUT2D eigenvalue weighted by Gasteiger charge is 2.16. The Balaban J connectivity index is 1.82. The predicted molar refractivity (Wildman–Crippen MR) is 86.9 cm³/mol. The molecule has 3 aromatic rings. The molecule has 124 valence electrons. The fraction of sp³-hybridized carbons (Fsp3) is 0.118. The van der Waals surface area contributed by atoms with Crippen molar-refractivity contribution in [3.8, 4) is 0 Å². The van der Waals surface area contributed by atoms with Crippen molar-refractivity contribution in [2.45, 2.75) is 18.4 Å². The van der Waals surface area contributed by atoms with E-state index in [1.165, 1.54) is 12.1 Å². The number of hydrogen-bond acceptors (Lipinski definition) is 4. The van der Waals surface area contributed by atoms with Crippen molar-refractivity contribution in [1.82, 2.24) is 5.32 Å². The molecule has 0 bridgehead atoms. The summed E-state index contributed by atoms with van der Waals surface area (Å²) in [6.45, 7) is 2.02. The topological polar surface area (TPSA) is 76.4 Å². The lowest BCUT2D eigenvalue weighted by molar-refractivity contribution is 0.0950. The number of para-hydroxylation sites is 1. The Hall–Kier alpha value is -2.67. The molecule has 2 aromatic carbocycles. The molecule has 1 N–H and O–H groups in total. The molecule has 7 heteroatoms. The summed E-state index contributed by atoms with van der Waals surface area (Å²) in [5, 5.41) is 3.60. The molecule has 0 saturated carbocycles. The molecule has 0 atom stereocenters. The Kier molecular flexibility index (Phi) is 4.11. The Labute approximate surface area is 138 Å². The highest BCUT2D eigenvalue weighted by atomic mass is 32.3. The van der Waals surface area contributed by atoms with Gasteiger partial charge in [-0.3, -0.25) is 4.79 Å². The van der Waals surface area contributed by atoms with E-state index in [9.17, 15) is 17.1 Å². The number of amides is 1. The van der Waals surface area contributed by atoms with Gasteiger partial charge in [-0.25, -0.2) is 0 Å². The van der Waals surface area contributed by atoms with E-state index in [-0.39, 0.29) is 12.1 Å². The number of halogens is 1. The van der Waals surface area contributed by atoms with Crippen LogP contribution >= 0.6 is 0 Å². The Morgan fingerprint density at radius 2 is 1.92 bits per heavy atom. The third-order valence-electron chi connectivity index (χ3n) is 3.70. The van der Waals surface area contributed by atoms with E-state index in [2.05, 4.69) is 5.32 Å². The second-order valence-electron chi connectivity index (χ2n) is 5.28. The lowest BCUT2D eigenvalue weighted by Crippen LogP contribution is -2.23. The summed E-state index contributed by atoms with van der Waals surface area (Å²) in [6.07, 6.45) is 0. The number of carbonyl (C=O) groups excluding carboxylic acids is 1. The second kappa shape index (κ2) is 6.09. The number of furan rings is 1. The lowest BCUT2D eigenvalue weighted by atomic mass is 10.1. The predicted octanol–water partition coefficient (Wildman–Crippen LogP) is 3.33. The van der Waals surface area contributed by atoms with Crippen molar-refractivity contribution in [1.29, 1.82) is 0 Å². The largest absolute Gasteiger partial charge is 0.461 e. The first-order valence-corrected chi connectivity index (χ1v) is 8.54. The first kappa shape index (κ1) is 16.2. The smallest absolute Gasteiger partial charge is 0.332 e. The maximum absolute atomic E-state index is 13.0. The molecule has 1 aromatic heterocycles. The fourth-order valence-electron chi connectivity index (χ4n) is 2.50. The van der Waals surface area contributed by atoms with Gasteiger partial charge in [0.25, 0.3) is 5.91 Å². The van der Waals surface area contributed by atoms with Gasteiger partial charge in [0.05, 0.1) is 4.90 Å². The molecule has 0 aliphatic carbocycles. The minimum atomic E-state index is -4.85. The number of rotatable bonds is 4. The van der Waals surface area contributed by atoms with E-state index in [0.717, 1.165) is 28.7 Å². The normalized spacial score (nSPS) is 11.6. The van der Waals surface area contributed by atoms with Crippen LogP contribution in [0.3, 0.4) is 0 Å². The minimum absolute atomic E-state index is 0.0687.